The van der Waals surface area contributed by atoms with Crippen LogP contribution in [0, 0.1) is 18.2 Å². The van der Waals surface area contributed by atoms with Crippen molar-refractivity contribution in [1.82, 2.24) is 10.2 Å². The zero-order valence-corrected chi connectivity index (χ0v) is 9.71. The molecule has 1 aromatic carbocycles. The lowest BCUT2D eigenvalue weighted by molar-refractivity contribution is 0.429. The number of nitrogens with one attached hydrogen (secondary N) is 1. The van der Waals surface area contributed by atoms with Crippen LogP contribution in [0.1, 0.15) is 11.5 Å². The highest BCUT2D eigenvalue weighted by Gasteiger charge is 2.10. The van der Waals surface area contributed by atoms with Crippen LogP contribution in [0.2, 0.25) is 0 Å². The predicted molar refractivity (Wildman–Crippen MR) is 60.6 cm³/mol. The summed E-state index contributed by atoms with van der Waals surface area (Å²) >= 11 is 1.03. The summed E-state index contributed by atoms with van der Waals surface area (Å²) in [5, 5.41) is 14.9. The monoisotopic (exact) mass is 252 g/mol. The molecule has 1 heterocycles. The van der Waals surface area contributed by atoms with Gasteiger partial charge in [0, 0.05) is 12.5 Å². The topological polar surface area (TPSA) is 88.8 Å². The van der Waals surface area contributed by atoms with E-state index in [4.69, 9.17) is 15.6 Å². The smallest absolute Gasteiger partial charge is 0.281 e. The van der Waals surface area contributed by atoms with E-state index in [0.29, 0.717) is 16.3 Å². The van der Waals surface area contributed by atoms with Crippen molar-refractivity contribution in [3.05, 3.63) is 35.5 Å². The summed E-state index contributed by atoms with van der Waals surface area (Å²) in [5.74, 6) is -0.221. The fraction of sp³-hybridized carbons (Fsp3) is 0.100. The molecule has 0 saturated carbocycles. The second-order valence-corrected chi connectivity index (χ2v) is 4.24. The number of nitrogens with zero attached hydrogens (tertiary/aromatic N) is 2. The van der Waals surface area contributed by atoms with Crippen LogP contribution in [0.3, 0.4) is 0 Å². The van der Waals surface area contributed by atoms with Crippen LogP contribution < -0.4 is 5.73 Å². The van der Waals surface area contributed by atoms with Gasteiger partial charge in [0.25, 0.3) is 5.22 Å². The molecule has 0 spiro atoms. The van der Waals surface area contributed by atoms with Gasteiger partial charge in [0.1, 0.15) is 11.7 Å². The summed E-state index contributed by atoms with van der Waals surface area (Å²) in [4.78, 5) is 0.346. The molecule has 0 saturated heterocycles. The lowest BCUT2D eigenvalue weighted by Gasteiger charge is -2.02. The summed E-state index contributed by atoms with van der Waals surface area (Å²) in [7, 11) is 0. The Morgan fingerprint density at radius 1 is 1.47 bits per heavy atom. The van der Waals surface area contributed by atoms with Crippen molar-refractivity contribution in [3.63, 3.8) is 0 Å². The first-order chi connectivity index (χ1) is 8.06. The van der Waals surface area contributed by atoms with Gasteiger partial charge < -0.3 is 10.2 Å². The fourth-order valence-corrected chi connectivity index (χ4v) is 1.89. The van der Waals surface area contributed by atoms with Gasteiger partial charge in [-0.05, 0) is 30.0 Å². The number of aromatic nitrogens is 2. The van der Waals surface area contributed by atoms with Crippen LogP contribution in [0.25, 0.3) is 0 Å². The van der Waals surface area contributed by atoms with E-state index in [0.717, 1.165) is 11.8 Å². The van der Waals surface area contributed by atoms with E-state index < -0.39 is 5.82 Å². The van der Waals surface area contributed by atoms with E-state index in [1.165, 1.54) is 12.1 Å². The van der Waals surface area contributed by atoms with Gasteiger partial charge in [0.05, 0.1) is 4.90 Å². The molecule has 5 nitrogen and oxygen atoms in total. The molecule has 0 aliphatic carbocycles. The molecule has 17 heavy (non-hydrogen) atoms. The molecule has 88 valence electrons. The van der Waals surface area contributed by atoms with Crippen LogP contribution in [-0.4, -0.2) is 16.0 Å². The minimum Gasteiger partial charge on any atom is -0.416 e. The Balaban J connectivity index is 2.25. The van der Waals surface area contributed by atoms with Gasteiger partial charge in [-0.2, -0.15) is 0 Å². The fourth-order valence-electron chi connectivity index (χ4n) is 1.16. The van der Waals surface area contributed by atoms with Crippen molar-refractivity contribution in [1.29, 1.82) is 5.41 Å². The maximum absolute atomic E-state index is 13.6. The number of nitrogen functional groups attached to an aromatic ring is 1. The third-order valence-corrected chi connectivity index (χ3v) is 2.84. The summed E-state index contributed by atoms with van der Waals surface area (Å²) < 4.78 is 18.8. The summed E-state index contributed by atoms with van der Waals surface area (Å²) in [6.07, 6.45) is 0. The molecule has 7 heteroatoms. The number of aryl methyl sites for hydroxylation is 1. The van der Waals surface area contributed by atoms with Crippen LogP contribution in [-0.2, 0) is 0 Å². The van der Waals surface area contributed by atoms with Gasteiger partial charge >= 0.3 is 0 Å². The first kappa shape index (κ1) is 11.6. The number of hydrogen-bond donors (Lipinski definition) is 2. The van der Waals surface area contributed by atoms with Gasteiger partial charge in [-0.15, -0.1) is 10.2 Å². The Morgan fingerprint density at radius 2 is 2.24 bits per heavy atom. The molecule has 0 bridgehead atoms. The van der Waals surface area contributed by atoms with Gasteiger partial charge in [-0.1, -0.05) is 0 Å². The lowest BCUT2D eigenvalue weighted by atomic mass is 10.2. The normalized spacial score (nSPS) is 10.5. The Bertz CT molecular complexity index is 569. The van der Waals surface area contributed by atoms with E-state index >= 15 is 0 Å². The summed E-state index contributed by atoms with van der Waals surface area (Å²) in [6, 6.07) is 4.29. The molecule has 1 aromatic heterocycles. The molecule has 3 N–H and O–H groups in total. The quantitative estimate of drug-likeness (QED) is 0.643. The predicted octanol–water partition coefficient (Wildman–Crippen LogP) is 1.95. The summed E-state index contributed by atoms with van der Waals surface area (Å²) in [5.41, 5.74) is 5.60. The molecule has 2 aromatic rings. The average molecular weight is 252 g/mol. The second-order valence-electron chi connectivity index (χ2n) is 3.25. The molecule has 0 aliphatic rings. The first-order valence-corrected chi connectivity index (χ1v) is 5.50. The largest absolute Gasteiger partial charge is 0.416 e. The first-order valence-electron chi connectivity index (χ1n) is 4.68. The molecule has 0 fully saturated rings. The van der Waals surface area contributed by atoms with E-state index in [1.807, 2.05) is 0 Å². The van der Waals surface area contributed by atoms with Crippen molar-refractivity contribution in [2.45, 2.75) is 17.0 Å². The minimum atomic E-state index is -0.474. The number of nitrogens with two attached hydrogens (primary N) is 1. The molecule has 0 aliphatic heterocycles. The third kappa shape index (κ3) is 2.62. The highest BCUT2D eigenvalue weighted by atomic mass is 32.2. The van der Waals surface area contributed by atoms with Crippen molar-refractivity contribution in [2.75, 3.05) is 0 Å². The molecule has 2 rings (SSSR count). The Morgan fingerprint density at radius 3 is 2.76 bits per heavy atom. The minimum absolute atomic E-state index is 0.172. The average Bonchev–Trinajstić information content (AvgIpc) is 2.67. The van der Waals surface area contributed by atoms with Gasteiger partial charge in [-0.3, -0.25) is 5.41 Å². The summed E-state index contributed by atoms with van der Waals surface area (Å²) in [6.45, 7) is 1.66. The van der Waals surface area contributed by atoms with E-state index in [2.05, 4.69) is 10.2 Å². The second kappa shape index (κ2) is 4.54. The SMILES string of the molecule is Cc1nnc(Sc2ccc(C(=N)N)cc2F)o1. The van der Waals surface area contributed by atoms with Crippen LogP contribution in [0.4, 0.5) is 4.39 Å². The molecule has 0 amide bonds. The van der Waals surface area contributed by atoms with Gasteiger partial charge in [0.2, 0.25) is 5.89 Å². The molecule has 0 unspecified atom stereocenters. The molecule has 0 atom stereocenters. The number of rotatable bonds is 3. The maximum Gasteiger partial charge on any atom is 0.281 e. The van der Waals surface area contributed by atoms with Gasteiger partial charge in [-0.25, -0.2) is 4.39 Å². The zero-order chi connectivity index (χ0) is 12.4. The van der Waals surface area contributed by atoms with Crippen molar-refractivity contribution in [3.8, 4) is 0 Å². The van der Waals surface area contributed by atoms with Crippen molar-refractivity contribution < 1.29 is 8.81 Å². The highest BCUT2D eigenvalue weighted by molar-refractivity contribution is 7.99. The van der Waals surface area contributed by atoms with Crippen molar-refractivity contribution in [2.24, 2.45) is 5.73 Å². The van der Waals surface area contributed by atoms with Crippen LogP contribution in [0.15, 0.2) is 32.7 Å². The van der Waals surface area contributed by atoms with E-state index in [-0.39, 0.29) is 11.1 Å². The molecular formula is C10H9FN4OS. The Labute approximate surface area is 101 Å². The number of halogens is 1. The Kier molecular flexibility index (Phi) is 3.10. The highest BCUT2D eigenvalue weighted by Crippen LogP contribution is 2.29. The van der Waals surface area contributed by atoms with E-state index in [9.17, 15) is 4.39 Å². The Hall–Kier alpha value is -1.89. The van der Waals surface area contributed by atoms with Crippen molar-refractivity contribution >= 4 is 17.6 Å². The number of amidine groups is 1. The molecule has 0 radical (unpaired) electrons. The lowest BCUT2D eigenvalue weighted by Crippen LogP contribution is -2.11. The number of hydrogen-bond acceptors (Lipinski definition) is 5. The molecular weight excluding hydrogens is 243 g/mol. The van der Waals surface area contributed by atoms with Crippen LogP contribution in [0.5, 0.6) is 0 Å². The third-order valence-electron chi connectivity index (χ3n) is 1.95. The number of benzene rings is 1. The zero-order valence-electron chi connectivity index (χ0n) is 8.90. The standard InChI is InChI=1S/C10H9FN4OS/c1-5-14-15-10(16-5)17-8-3-2-6(9(12)13)4-7(8)11/h2-4H,1H3,(H3,12,13). The van der Waals surface area contributed by atoms with Gasteiger partial charge in [0.15, 0.2) is 0 Å². The van der Waals surface area contributed by atoms with E-state index in [1.54, 1.807) is 13.0 Å². The maximum atomic E-state index is 13.6. The van der Waals surface area contributed by atoms with Crippen LogP contribution >= 0.6 is 11.8 Å².